The van der Waals surface area contributed by atoms with E-state index in [2.05, 4.69) is 34.5 Å². The predicted octanol–water partition coefficient (Wildman–Crippen LogP) is 3.50. The number of hydrogen-bond donors (Lipinski definition) is 2. The summed E-state index contributed by atoms with van der Waals surface area (Å²) in [7, 11) is 0. The Morgan fingerprint density at radius 3 is 2.54 bits per heavy atom. The lowest BCUT2D eigenvalue weighted by molar-refractivity contribution is 0.104. The summed E-state index contributed by atoms with van der Waals surface area (Å²) in [4.78, 5) is 2.31. The number of halogens is 2. The van der Waals surface area contributed by atoms with Crippen molar-refractivity contribution in [2.24, 2.45) is 0 Å². The number of nitrogens with zero attached hydrogens (tertiary/aromatic N) is 1. The summed E-state index contributed by atoms with van der Waals surface area (Å²) in [5.41, 5.74) is 3.82. The Morgan fingerprint density at radius 2 is 1.79 bits per heavy atom. The van der Waals surface area contributed by atoms with Gasteiger partial charge in [-0.2, -0.15) is 0 Å². The molecule has 0 radical (unpaired) electrons. The molecule has 1 unspecified atom stereocenters. The highest BCUT2D eigenvalue weighted by Gasteiger charge is 2.18. The van der Waals surface area contributed by atoms with Crippen LogP contribution >= 0.6 is 23.2 Å². The van der Waals surface area contributed by atoms with Crippen LogP contribution in [-0.2, 0) is 19.5 Å². The van der Waals surface area contributed by atoms with Crippen LogP contribution < -0.4 is 5.32 Å². The van der Waals surface area contributed by atoms with Gasteiger partial charge in [-0.05, 0) is 41.3 Å². The third-order valence-corrected chi connectivity index (χ3v) is 4.75. The topological polar surface area (TPSA) is 35.5 Å². The van der Waals surface area contributed by atoms with E-state index in [-0.39, 0.29) is 0 Å². The Bertz CT molecular complexity index is 673. The highest BCUT2D eigenvalue weighted by atomic mass is 35.5. The van der Waals surface area contributed by atoms with Crippen molar-refractivity contribution in [3.05, 3.63) is 69.2 Å². The molecule has 2 aromatic carbocycles. The molecule has 1 heterocycles. The lowest BCUT2D eigenvalue weighted by atomic mass is 10.00. The molecule has 1 atom stereocenters. The van der Waals surface area contributed by atoms with Gasteiger partial charge in [0.15, 0.2) is 0 Å². The third-order valence-electron chi connectivity index (χ3n) is 4.31. The quantitative estimate of drug-likeness (QED) is 0.823. The number of nitrogens with one attached hydrogen (secondary N) is 1. The molecule has 0 fully saturated rings. The summed E-state index contributed by atoms with van der Waals surface area (Å²) >= 11 is 12.0. The van der Waals surface area contributed by atoms with Crippen LogP contribution in [0.5, 0.6) is 0 Å². The predicted molar refractivity (Wildman–Crippen MR) is 99.6 cm³/mol. The van der Waals surface area contributed by atoms with Crippen molar-refractivity contribution in [2.45, 2.75) is 25.6 Å². The van der Waals surface area contributed by atoms with Crippen LogP contribution in [0.25, 0.3) is 0 Å². The maximum absolute atomic E-state index is 10.3. The lowest BCUT2D eigenvalue weighted by Gasteiger charge is -2.30. The lowest BCUT2D eigenvalue weighted by Crippen LogP contribution is -2.40. The van der Waals surface area contributed by atoms with Crippen LogP contribution in [-0.4, -0.2) is 35.7 Å². The van der Waals surface area contributed by atoms with Crippen molar-refractivity contribution in [1.82, 2.24) is 10.2 Å². The molecule has 24 heavy (non-hydrogen) atoms. The van der Waals surface area contributed by atoms with Crippen molar-refractivity contribution in [1.29, 1.82) is 0 Å². The molecule has 0 aromatic heterocycles. The first kappa shape index (κ1) is 17.7. The molecular formula is C19H22Cl2N2O. The number of rotatable bonds is 6. The van der Waals surface area contributed by atoms with Crippen LogP contribution in [0, 0.1) is 0 Å². The van der Waals surface area contributed by atoms with Gasteiger partial charge in [0, 0.05) is 42.8 Å². The number of fused-ring (bicyclic) bond motifs is 1. The van der Waals surface area contributed by atoms with Gasteiger partial charge in [-0.1, -0.05) is 47.5 Å². The second kappa shape index (κ2) is 8.32. The normalized spacial score (nSPS) is 16.0. The van der Waals surface area contributed by atoms with Crippen LogP contribution in [0.2, 0.25) is 10.0 Å². The number of β-amino-alcohol motifs (C(OH)–C–C–N with tert-alkyl or cyclic N) is 1. The zero-order valence-corrected chi connectivity index (χ0v) is 15.0. The van der Waals surface area contributed by atoms with Gasteiger partial charge in [0.25, 0.3) is 0 Å². The molecule has 0 spiro atoms. The molecule has 5 heteroatoms. The van der Waals surface area contributed by atoms with Gasteiger partial charge in [-0.25, -0.2) is 0 Å². The van der Waals surface area contributed by atoms with Crippen LogP contribution in [0.1, 0.15) is 16.7 Å². The van der Waals surface area contributed by atoms with E-state index in [1.165, 1.54) is 11.1 Å². The number of hydrogen-bond acceptors (Lipinski definition) is 3. The first-order chi connectivity index (χ1) is 11.6. The Labute approximate surface area is 153 Å². The number of aliphatic hydroxyl groups is 1. The smallest absolute Gasteiger partial charge is 0.0791 e. The van der Waals surface area contributed by atoms with Crippen LogP contribution in [0.4, 0.5) is 0 Å². The minimum atomic E-state index is -0.398. The average Bonchev–Trinajstić information content (AvgIpc) is 2.54. The summed E-state index contributed by atoms with van der Waals surface area (Å²) in [5, 5.41) is 14.8. The first-order valence-electron chi connectivity index (χ1n) is 8.23. The summed E-state index contributed by atoms with van der Waals surface area (Å²) < 4.78 is 0. The van der Waals surface area contributed by atoms with E-state index in [4.69, 9.17) is 23.2 Å². The molecule has 0 saturated carbocycles. The molecule has 2 N–H and O–H groups in total. The van der Waals surface area contributed by atoms with Crippen molar-refractivity contribution in [3.8, 4) is 0 Å². The van der Waals surface area contributed by atoms with Gasteiger partial charge in [-0.3, -0.25) is 4.90 Å². The molecule has 3 nitrogen and oxygen atoms in total. The van der Waals surface area contributed by atoms with E-state index in [0.717, 1.165) is 25.1 Å². The molecule has 2 aromatic rings. The van der Waals surface area contributed by atoms with Crippen molar-refractivity contribution in [2.75, 3.05) is 19.6 Å². The zero-order chi connectivity index (χ0) is 16.9. The van der Waals surface area contributed by atoms with Crippen LogP contribution in [0.15, 0.2) is 42.5 Å². The second-order valence-electron chi connectivity index (χ2n) is 6.32. The fraction of sp³-hybridized carbons (Fsp3) is 0.368. The van der Waals surface area contributed by atoms with E-state index in [1.54, 1.807) is 6.07 Å². The minimum absolute atomic E-state index is 0.398. The van der Waals surface area contributed by atoms with Crippen molar-refractivity contribution in [3.63, 3.8) is 0 Å². The van der Waals surface area contributed by atoms with Crippen molar-refractivity contribution >= 4 is 23.2 Å². The molecule has 0 bridgehead atoms. The van der Waals surface area contributed by atoms with Gasteiger partial charge in [0.1, 0.15) is 0 Å². The summed E-state index contributed by atoms with van der Waals surface area (Å²) in [6, 6.07) is 14.0. The van der Waals surface area contributed by atoms with Crippen molar-refractivity contribution < 1.29 is 5.11 Å². The molecule has 3 rings (SSSR count). The standard InChI is InChI=1S/C19H22Cl2N2O/c20-17-7-14(8-18(21)9-17)10-22-11-19(24)13-23-6-5-15-3-1-2-4-16(15)12-23/h1-4,7-9,19,22,24H,5-6,10-13H2. The van der Waals surface area contributed by atoms with E-state index in [1.807, 2.05) is 12.1 Å². The Hall–Kier alpha value is -1.10. The maximum Gasteiger partial charge on any atom is 0.0791 e. The Morgan fingerprint density at radius 1 is 1.08 bits per heavy atom. The van der Waals surface area contributed by atoms with Gasteiger partial charge < -0.3 is 10.4 Å². The highest BCUT2D eigenvalue weighted by Crippen LogP contribution is 2.19. The van der Waals surface area contributed by atoms with E-state index < -0.39 is 6.10 Å². The maximum atomic E-state index is 10.3. The molecule has 1 aliphatic heterocycles. The first-order valence-corrected chi connectivity index (χ1v) is 8.98. The Balaban J connectivity index is 1.44. The van der Waals surface area contributed by atoms with Gasteiger partial charge in [0.05, 0.1) is 6.10 Å². The fourth-order valence-corrected chi connectivity index (χ4v) is 3.74. The number of aliphatic hydroxyl groups excluding tert-OH is 1. The number of benzene rings is 2. The largest absolute Gasteiger partial charge is 0.390 e. The monoisotopic (exact) mass is 364 g/mol. The van der Waals surface area contributed by atoms with E-state index >= 15 is 0 Å². The highest BCUT2D eigenvalue weighted by molar-refractivity contribution is 6.34. The summed E-state index contributed by atoms with van der Waals surface area (Å²) in [6.07, 6.45) is 0.655. The minimum Gasteiger partial charge on any atom is -0.390 e. The third kappa shape index (κ3) is 4.95. The van der Waals surface area contributed by atoms with Gasteiger partial charge in [-0.15, -0.1) is 0 Å². The van der Waals surface area contributed by atoms with E-state index in [9.17, 15) is 5.11 Å². The molecule has 0 amide bonds. The summed E-state index contributed by atoms with van der Waals surface area (Å²) in [6.45, 7) is 3.77. The molecule has 0 saturated heterocycles. The summed E-state index contributed by atoms with van der Waals surface area (Å²) in [5.74, 6) is 0. The molecular weight excluding hydrogens is 343 g/mol. The molecule has 1 aliphatic rings. The average molecular weight is 365 g/mol. The molecule has 128 valence electrons. The zero-order valence-electron chi connectivity index (χ0n) is 13.5. The van der Waals surface area contributed by atoms with Gasteiger partial charge >= 0.3 is 0 Å². The van der Waals surface area contributed by atoms with Gasteiger partial charge in [0.2, 0.25) is 0 Å². The fourth-order valence-electron chi connectivity index (χ4n) is 3.17. The van der Waals surface area contributed by atoms with Crippen LogP contribution in [0.3, 0.4) is 0 Å². The Kier molecular flexibility index (Phi) is 6.14. The van der Waals surface area contributed by atoms with E-state index in [0.29, 0.717) is 29.7 Å². The second-order valence-corrected chi connectivity index (χ2v) is 7.19. The SMILES string of the molecule is OC(CNCc1cc(Cl)cc(Cl)c1)CN1CCc2ccccc2C1. The molecule has 0 aliphatic carbocycles.